The van der Waals surface area contributed by atoms with Crippen LogP contribution in [0.25, 0.3) is 0 Å². The number of rotatable bonds is 8. The highest BCUT2D eigenvalue weighted by Gasteiger charge is 2.25. The number of hydrogen-bond acceptors (Lipinski definition) is 4. The average Bonchev–Trinajstić information content (AvgIpc) is 2.58. The summed E-state index contributed by atoms with van der Waals surface area (Å²) >= 11 is 0. The van der Waals surface area contributed by atoms with Crippen LogP contribution in [0, 0.1) is 0 Å². The Kier molecular flexibility index (Phi) is 16.3. The Balaban J connectivity index is 0. The minimum atomic E-state index is 0. The van der Waals surface area contributed by atoms with E-state index in [-0.39, 0.29) is 49.2 Å². The maximum absolute atomic E-state index is 11.7. The molecule has 1 aliphatic rings. The molecule has 27 heavy (non-hydrogen) atoms. The third-order valence-electron chi connectivity index (χ3n) is 4.65. The van der Waals surface area contributed by atoms with Gasteiger partial charge in [-0.15, -0.1) is 37.2 Å². The highest BCUT2D eigenvalue weighted by molar-refractivity contribution is 5.86. The van der Waals surface area contributed by atoms with E-state index in [0.29, 0.717) is 12.5 Å². The molecule has 1 fully saturated rings. The van der Waals surface area contributed by atoms with E-state index in [9.17, 15) is 4.79 Å². The topological polar surface area (TPSA) is 61.6 Å². The van der Waals surface area contributed by atoms with Crippen LogP contribution >= 0.6 is 37.2 Å². The molecule has 1 amide bonds. The predicted octanol–water partition coefficient (Wildman–Crippen LogP) is 2.87. The van der Waals surface area contributed by atoms with Crippen LogP contribution in [0.3, 0.4) is 0 Å². The average molecular weight is 442 g/mol. The molecule has 0 saturated carbocycles. The van der Waals surface area contributed by atoms with Crippen molar-refractivity contribution >= 4 is 43.1 Å². The fourth-order valence-electron chi connectivity index (χ4n) is 3.17. The van der Waals surface area contributed by atoms with Crippen molar-refractivity contribution in [3.05, 3.63) is 35.9 Å². The van der Waals surface area contributed by atoms with Crippen molar-refractivity contribution in [3.63, 3.8) is 0 Å². The molecule has 0 aliphatic carbocycles. The summed E-state index contributed by atoms with van der Waals surface area (Å²) in [7, 11) is 2.19. The molecule has 0 bridgehead atoms. The number of benzene rings is 1. The van der Waals surface area contributed by atoms with Gasteiger partial charge in [0.15, 0.2) is 0 Å². The van der Waals surface area contributed by atoms with E-state index < -0.39 is 0 Å². The number of likely N-dealkylation sites (N-methyl/N-ethyl adjacent to an activating group) is 1. The van der Waals surface area contributed by atoms with Crippen molar-refractivity contribution in [1.82, 2.24) is 15.1 Å². The van der Waals surface area contributed by atoms with Crippen molar-refractivity contribution in [2.75, 3.05) is 39.8 Å². The normalized spacial score (nSPS) is 18.4. The summed E-state index contributed by atoms with van der Waals surface area (Å²) in [6, 6.07) is 11.3. The lowest BCUT2D eigenvalue weighted by Gasteiger charge is -2.40. The Labute approximate surface area is 182 Å². The number of amides is 1. The zero-order chi connectivity index (χ0) is 17.4. The largest absolute Gasteiger partial charge is 0.356 e. The maximum Gasteiger partial charge on any atom is 0.220 e. The van der Waals surface area contributed by atoms with Crippen LogP contribution < -0.4 is 11.1 Å². The fourth-order valence-corrected chi connectivity index (χ4v) is 3.17. The number of carbonyl (C=O) groups is 1. The van der Waals surface area contributed by atoms with Crippen molar-refractivity contribution < 1.29 is 4.79 Å². The molecule has 1 aromatic rings. The first-order valence-corrected chi connectivity index (χ1v) is 9.06. The second kappa shape index (κ2) is 15.4. The molecular formula is C19H35Cl3N4O. The van der Waals surface area contributed by atoms with Gasteiger partial charge < -0.3 is 16.0 Å². The molecule has 0 aromatic heterocycles. The zero-order valence-corrected chi connectivity index (χ0v) is 18.8. The smallest absolute Gasteiger partial charge is 0.220 e. The lowest BCUT2D eigenvalue weighted by Crippen LogP contribution is -2.47. The Bertz CT molecular complexity index is 505. The first kappa shape index (κ1) is 28.6. The van der Waals surface area contributed by atoms with E-state index in [1.807, 2.05) is 6.92 Å². The summed E-state index contributed by atoms with van der Waals surface area (Å²) in [4.78, 5) is 16.7. The highest BCUT2D eigenvalue weighted by atomic mass is 35.5. The van der Waals surface area contributed by atoms with Crippen LogP contribution in [0.15, 0.2) is 30.3 Å². The zero-order valence-electron chi connectivity index (χ0n) is 16.3. The van der Waals surface area contributed by atoms with Crippen molar-refractivity contribution in [2.24, 2.45) is 5.73 Å². The van der Waals surface area contributed by atoms with Crippen molar-refractivity contribution in [1.29, 1.82) is 0 Å². The van der Waals surface area contributed by atoms with Gasteiger partial charge in [-0.05, 0) is 32.4 Å². The molecule has 1 aliphatic heterocycles. The molecule has 0 spiro atoms. The predicted molar refractivity (Wildman–Crippen MR) is 121 cm³/mol. The van der Waals surface area contributed by atoms with Crippen LogP contribution in [0.5, 0.6) is 0 Å². The summed E-state index contributed by atoms with van der Waals surface area (Å²) in [5, 5.41) is 3.01. The summed E-state index contributed by atoms with van der Waals surface area (Å²) < 4.78 is 0. The number of carbonyl (C=O) groups excluding carboxylic acids is 1. The van der Waals surface area contributed by atoms with E-state index in [0.717, 1.165) is 45.6 Å². The summed E-state index contributed by atoms with van der Waals surface area (Å²) in [5.41, 5.74) is 7.06. The minimum Gasteiger partial charge on any atom is -0.356 e. The Morgan fingerprint density at radius 3 is 2.52 bits per heavy atom. The third-order valence-corrected chi connectivity index (χ3v) is 4.65. The van der Waals surface area contributed by atoms with Crippen LogP contribution in [-0.4, -0.2) is 61.5 Å². The Morgan fingerprint density at radius 1 is 1.22 bits per heavy atom. The molecule has 5 nitrogen and oxygen atoms in total. The molecule has 2 unspecified atom stereocenters. The molecular weight excluding hydrogens is 407 g/mol. The number of hydrogen-bond donors (Lipinski definition) is 2. The van der Waals surface area contributed by atoms with Gasteiger partial charge >= 0.3 is 0 Å². The molecule has 3 N–H and O–H groups in total. The van der Waals surface area contributed by atoms with E-state index in [4.69, 9.17) is 5.73 Å². The third kappa shape index (κ3) is 10.5. The van der Waals surface area contributed by atoms with Crippen LogP contribution in [0.4, 0.5) is 0 Å². The SMILES string of the molecule is CC(N)CCC(=O)NCCCN1CCN(C)CC1c1ccccc1.Cl.Cl.Cl. The van der Waals surface area contributed by atoms with Gasteiger partial charge in [0.1, 0.15) is 0 Å². The lowest BCUT2D eigenvalue weighted by molar-refractivity contribution is -0.121. The van der Waals surface area contributed by atoms with Gasteiger partial charge in [-0.3, -0.25) is 9.69 Å². The van der Waals surface area contributed by atoms with E-state index in [1.165, 1.54) is 5.56 Å². The molecule has 8 heteroatoms. The second-order valence-electron chi connectivity index (χ2n) is 6.94. The molecule has 158 valence electrons. The second-order valence-corrected chi connectivity index (χ2v) is 6.94. The number of nitrogens with one attached hydrogen (secondary N) is 1. The summed E-state index contributed by atoms with van der Waals surface area (Å²) in [6.07, 6.45) is 2.26. The molecule has 1 aromatic carbocycles. The molecule has 2 rings (SSSR count). The molecule has 0 radical (unpaired) electrons. The fraction of sp³-hybridized carbons (Fsp3) is 0.632. The van der Waals surface area contributed by atoms with Crippen LogP contribution in [-0.2, 0) is 4.79 Å². The quantitative estimate of drug-likeness (QED) is 0.609. The minimum absolute atomic E-state index is 0. The van der Waals surface area contributed by atoms with Crippen LogP contribution in [0.1, 0.15) is 37.8 Å². The maximum atomic E-state index is 11.7. The number of halogens is 3. The number of piperazine rings is 1. The van der Waals surface area contributed by atoms with Gasteiger partial charge in [0.05, 0.1) is 0 Å². The van der Waals surface area contributed by atoms with Gasteiger partial charge in [-0.1, -0.05) is 30.3 Å². The molecule has 2 atom stereocenters. The van der Waals surface area contributed by atoms with Crippen molar-refractivity contribution in [3.8, 4) is 0 Å². The van der Waals surface area contributed by atoms with E-state index >= 15 is 0 Å². The Hall–Kier alpha value is -0.560. The Morgan fingerprint density at radius 2 is 1.89 bits per heavy atom. The number of nitrogens with zero attached hydrogens (tertiary/aromatic N) is 2. The summed E-state index contributed by atoms with van der Waals surface area (Å²) in [6.45, 7) is 6.93. The van der Waals surface area contributed by atoms with Gasteiger partial charge in [0, 0.05) is 51.2 Å². The van der Waals surface area contributed by atoms with Gasteiger partial charge in [0.2, 0.25) is 5.91 Å². The highest BCUT2D eigenvalue weighted by Crippen LogP contribution is 2.24. The number of nitrogens with two attached hydrogens (primary N) is 1. The van der Waals surface area contributed by atoms with Gasteiger partial charge in [-0.2, -0.15) is 0 Å². The summed E-state index contributed by atoms with van der Waals surface area (Å²) in [5.74, 6) is 0.116. The molecule has 1 heterocycles. The van der Waals surface area contributed by atoms with Gasteiger partial charge in [-0.25, -0.2) is 0 Å². The van der Waals surface area contributed by atoms with Crippen molar-refractivity contribution in [2.45, 2.75) is 38.3 Å². The first-order chi connectivity index (χ1) is 11.6. The first-order valence-electron chi connectivity index (χ1n) is 9.06. The standard InChI is InChI=1S/C19H32N4O.3ClH/c1-16(20)9-10-19(24)21-11-6-12-23-14-13-22(2)15-18(23)17-7-4-3-5-8-17;;;/h3-5,7-8,16,18H,6,9-15,20H2,1-2H3,(H,21,24);3*1H. The van der Waals surface area contributed by atoms with Gasteiger partial charge in [0.25, 0.3) is 0 Å². The van der Waals surface area contributed by atoms with E-state index in [1.54, 1.807) is 0 Å². The van der Waals surface area contributed by atoms with Crippen LogP contribution in [0.2, 0.25) is 0 Å². The van der Waals surface area contributed by atoms with E-state index in [2.05, 4.69) is 52.5 Å². The monoisotopic (exact) mass is 440 g/mol. The molecule has 1 saturated heterocycles. The lowest BCUT2D eigenvalue weighted by atomic mass is 10.0.